The fraction of sp³-hybridized carbons (Fsp3) is 0.200. The number of phenols is 1. The average Bonchev–Trinajstić information content (AvgIpc) is 2.85. The molecule has 0 amide bonds. The lowest BCUT2D eigenvalue weighted by atomic mass is 10.1. The molecule has 0 spiro atoms. The van der Waals surface area contributed by atoms with Crippen LogP contribution in [-0.2, 0) is 10.0 Å². The number of hydrogen-bond donors (Lipinski definition) is 2. The molecule has 0 saturated carbocycles. The Morgan fingerprint density at radius 3 is 1.79 bits per heavy atom. The van der Waals surface area contributed by atoms with E-state index in [2.05, 4.69) is 9.46 Å². The van der Waals surface area contributed by atoms with E-state index in [1.807, 2.05) is 0 Å². The molecule has 3 aromatic rings. The second kappa shape index (κ2) is 11.4. The number of sulfonamides is 1. The van der Waals surface area contributed by atoms with E-state index in [1.165, 1.54) is 40.6 Å². The molecular weight excluding hydrogens is 531 g/mol. The fourth-order valence-corrected chi connectivity index (χ4v) is 4.49. The summed E-state index contributed by atoms with van der Waals surface area (Å²) < 4.78 is 90.1. The Hall–Kier alpha value is -4.26. The van der Waals surface area contributed by atoms with Crippen molar-refractivity contribution in [1.29, 1.82) is 0 Å². The van der Waals surface area contributed by atoms with E-state index in [1.54, 1.807) is 24.3 Å². The van der Waals surface area contributed by atoms with Crippen LogP contribution in [-0.4, -0.2) is 48.3 Å². The lowest BCUT2D eigenvalue weighted by Gasteiger charge is -2.15. The number of ether oxygens (including phenoxy) is 5. The maximum atomic E-state index is 12.9. The van der Waals surface area contributed by atoms with Crippen molar-refractivity contribution >= 4 is 27.9 Å². The Bertz CT molecular complexity index is 1400. The van der Waals surface area contributed by atoms with E-state index in [-0.39, 0.29) is 22.1 Å². The minimum absolute atomic E-state index is 0.104. The first-order valence-electron chi connectivity index (χ1n) is 10.7. The molecule has 2 N–H and O–H groups in total. The van der Waals surface area contributed by atoms with Gasteiger partial charge in [0, 0.05) is 0 Å². The topological polar surface area (TPSA) is 113 Å². The maximum absolute atomic E-state index is 12.9. The summed E-state index contributed by atoms with van der Waals surface area (Å²) in [4.78, 5) is -0.341. The number of aromatic hydroxyl groups is 1. The number of rotatable bonds is 10. The molecule has 0 fully saturated rings. The summed E-state index contributed by atoms with van der Waals surface area (Å²) in [5, 5.41) is 10.4. The number of benzene rings is 3. The number of hydrogen-bond acceptors (Lipinski definition) is 8. The van der Waals surface area contributed by atoms with Crippen molar-refractivity contribution in [2.75, 3.05) is 33.2 Å². The van der Waals surface area contributed by atoms with Gasteiger partial charge in [-0.3, -0.25) is 4.72 Å². The van der Waals surface area contributed by atoms with Gasteiger partial charge in [-0.15, -0.1) is 13.2 Å². The van der Waals surface area contributed by atoms with Crippen molar-refractivity contribution in [1.82, 2.24) is 0 Å². The molecule has 0 aliphatic heterocycles. The van der Waals surface area contributed by atoms with Gasteiger partial charge in [0.05, 0.1) is 39.0 Å². The maximum Gasteiger partial charge on any atom is 0.573 e. The number of phenolic OH excluding ortho intramolecular Hbond substituents is 1. The molecule has 0 saturated heterocycles. The minimum atomic E-state index is -4.92. The molecule has 0 aliphatic rings. The number of nitrogens with one attached hydrogen (secondary N) is 1. The highest BCUT2D eigenvalue weighted by Gasteiger charge is 2.31. The van der Waals surface area contributed by atoms with Gasteiger partial charge in [0.1, 0.15) is 5.75 Å². The zero-order chi connectivity index (χ0) is 28.1. The van der Waals surface area contributed by atoms with Gasteiger partial charge in [-0.05, 0) is 59.7 Å². The molecule has 204 valence electrons. The fourth-order valence-electron chi connectivity index (χ4n) is 3.44. The predicted molar refractivity (Wildman–Crippen MR) is 134 cm³/mol. The lowest BCUT2D eigenvalue weighted by molar-refractivity contribution is -0.274. The summed E-state index contributed by atoms with van der Waals surface area (Å²) in [6.45, 7) is 0. The van der Waals surface area contributed by atoms with Gasteiger partial charge < -0.3 is 28.8 Å². The van der Waals surface area contributed by atoms with E-state index in [0.717, 1.165) is 24.3 Å². The Morgan fingerprint density at radius 1 is 0.789 bits per heavy atom. The standard InChI is InChI=1S/C25H24F3NO8S/c1-33-21-13-16(14-22(34-2)24(21)36-4)6-5-15-11-19(23(35-3)20(30)12-15)29-38(31,32)18-9-7-17(8-10-18)37-25(26,27)28/h5-14,29-30H,1-4H3. The number of halogens is 3. The van der Waals surface area contributed by atoms with Crippen molar-refractivity contribution in [2.24, 2.45) is 0 Å². The number of alkyl halides is 3. The SMILES string of the molecule is COc1cc(C=Cc2cc(O)c(OC)c(NS(=O)(=O)c3ccc(OC(F)(F)F)cc3)c2)cc(OC)c1OC. The quantitative estimate of drug-likeness (QED) is 0.325. The first-order chi connectivity index (χ1) is 17.9. The van der Waals surface area contributed by atoms with Crippen molar-refractivity contribution in [3.63, 3.8) is 0 Å². The average molecular weight is 556 g/mol. The third-order valence-electron chi connectivity index (χ3n) is 5.06. The molecule has 0 heterocycles. The van der Waals surface area contributed by atoms with Crippen LogP contribution in [0.25, 0.3) is 12.2 Å². The van der Waals surface area contributed by atoms with Crippen LogP contribution in [0.15, 0.2) is 53.4 Å². The molecule has 0 radical (unpaired) electrons. The summed E-state index contributed by atoms with van der Waals surface area (Å²) in [6, 6.07) is 9.78. The van der Waals surface area contributed by atoms with Gasteiger partial charge in [0.15, 0.2) is 23.0 Å². The monoisotopic (exact) mass is 555 g/mol. The predicted octanol–water partition coefficient (Wildman–Crippen LogP) is 5.30. The van der Waals surface area contributed by atoms with Crippen molar-refractivity contribution in [2.45, 2.75) is 11.3 Å². The van der Waals surface area contributed by atoms with Crippen LogP contribution in [0.1, 0.15) is 11.1 Å². The zero-order valence-electron chi connectivity index (χ0n) is 20.6. The summed E-state index contributed by atoms with van der Waals surface area (Å²) in [6.07, 6.45) is -1.65. The van der Waals surface area contributed by atoms with E-state index in [0.29, 0.717) is 28.4 Å². The Balaban J connectivity index is 1.93. The number of methoxy groups -OCH3 is 4. The van der Waals surface area contributed by atoms with Gasteiger partial charge in [-0.1, -0.05) is 12.2 Å². The molecular formula is C25H24F3NO8S. The summed E-state index contributed by atoms with van der Waals surface area (Å²) in [7, 11) is 1.38. The van der Waals surface area contributed by atoms with Crippen molar-refractivity contribution < 1.29 is 50.4 Å². The highest BCUT2D eigenvalue weighted by Crippen LogP contribution is 2.40. The van der Waals surface area contributed by atoms with E-state index in [4.69, 9.17) is 18.9 Å². The van der Waals surface area contributed by atoms with Crippen LogP contribution in [0.4, 0.5) is 18.9 Å². The normalized spacial score (nSPS) is 11.8. The van der Waals surface area contributed by atoms with E-state index < -0.39 is 22.1 Å². The molecule has 0 aromatic heterocycles. The van der Waals surface area contributed by atoms with Crippen molar-refractivity contribution in [3.05, 3.63) is 59.7 Å². The molecule has 0 aliphatic carbocycles. The molecule has 38 heavy (non-hydrogen) atoms. The summed E-state index contributed by atoms with van der Waals surface area (Å²) >= 11 is 0. The van der Waals surface area contributed by atoms with Crippen LogP contribution >= 0.6 is 0 Å². The third kappa shape index (κ3) is 6.73. The first kappa shape index (κ1) is 28.3. The van der Waals surface area contributed by atoms with Gasteiger partial charge >= 0.3 is 6.36 Å². The smallest absolute Gasteiger partial charge is 0.504 e. The van der Waals surface area contributed by atoms with Crippen LogP contribution in [0, 0.1) is 0 Å². The summed E-state index contributed by atoms with van der Waals surface area (Å²) in [5.74, 6) is 0.157. The second-order valence-corrected chi connectivity index (χ2v) is 9.22. The largest absolute Gasteiger partial charge is 0.573 e. The number of anilines is 1. The van der Waals surface area contributed by atoms with Crippen LogP contribution < -0.4 is 28.4 Å². The van der Waals surface area contributed by atoms with Gasteiger partial charge in [0.2, 0.25) is 5.75 Å². The van der Waals surface area contributed by atoms with Crippen LogP contribution in [0.5, 0.6) is 34.5 Å². The van der Waals surface area contributed by atoms with Crippen molar-refractivity contribution in [3.8, 4) is 34.5 Å². The van der Waals surface area contributed by atoms with Gasteiger partial charge in [-0.2, -0.15) is 0 Å². The summed E-state index contributed by atoms with van der Waals surface area (Å²) in [5.41, 5.74) is 0.939. The van der Waals surface area contributed by atoms with Crippen LogP contribution in [0.2, 0.25) is 0 Å². The van der Waals surface area contributed by atoms with E-state index in [9.17, 15) is 26.7 Å². The Kier molecular flexibility index (Phi) is 8.51. The highest BCUT2D eigenvalue weighted by molar-refractivity contribution is 7.92. The molecule has 3 rings (SSSR count). The molecule has 13 heteroatoms. The Morgan fingerprint density at radius 2 is 1.32 bits per heavy atom. The van der Waals surface area contributed by atoms with E-state index >= 15 is 0 Å². The van der Waals surface area contributed by atoms with Crippen LogP contribution in [0.3, 0.4) is 0 Å². The minimum Gasteiger partial charge on any atom is -0.504 e. The highest BCUT2D eigenvalue weighted by atomic mass is 32.2. The second-order valence-electron chi connectivity index (χ2n) is 7.54. The Labute approximate surface area is 217 Å². The molecule has 0 bridgehead atoms. The molecule has 0 unspecified atom stereocenters. The first-order valence-corrected chi connectivity index (χ1v) is 12.2. The molecule has 3 aromatic carbocycles. The van der Waals surface area contributed by atoms with Gasteiger partial charge in [-0.25, -0.2) is 8.42 Å². The zero-order valence-corrected chi connectivity index (χ0v) is 21.4. The molecule has 0 atom stereocenters. The van der Waals surface area contributed by atoms with Gasteiger partial charge in [0.25, 0.3) is 10.0 Å². The lowest BCUT2D eigenvalue weighted by Crippen LogP contribution is -2.17. The molecule has 9 nitrogen and oxygen atoms in total. The third-order valence-corrected chi connectivity index (χ3v) is 6.44.